The molecule has 0 atom stereocenters. The number of anilines is 1. The second-order valence-electron chi connectivity index (χ2n) is 4.17. The number of hydrogen-bond donors (Lipinski definition) is 2. The number of rotatable bonds is 4. The van der Waals surface area contributed by atoms with Crippen LogP contribution in [0.1, 0.15) is 17.3 Å². The van der Waals surface area contributed by atoms with Crippen LogP contribution in [0, 0.1) is 5.82 Å². The third kappa shape index (κ3) is 3.26. The molecular formula is C15H15FN2O2. The van der Waals surface area contributed by atoms with Crippen molar-refractivity contribution >= 4 is 11.6 Å². The van der Waals surface area contributed by atoms with Gasteiger partial charge in [-0.15, -0.1) is 0 Å². The van der Waals surface area contributed by atoms with Crippen LogP contribution in [-0.2, 0) is 0 Å². The molecule has 0 heterocycles. The first-order chi connectivity index (χ1) is 9.60. The summed E-state index contributed by atoms with van der Waals surface area (Å²) >= 11 is 0. The van der Waals surface area contributed by atoms with Crippen LogP contribution in [0.4, 0.5) is 10.1 Å². The van der Waals surface area contributed by atoms with Crippen molar-refractivity contribution < 1.29 is 13.9 Å². The molecule has 2 rings (SSSR count). The first-order valence-corrected chi connectivity index (χ1v) is 6.21. The number of carbonyl (C=O) groups excluding carboxylic acids is 1. The van der Waals surface area contributed by atoms with Crippen molar-refractivity contribution in [3.8, 4) is 11.5 Å². The van der Waals surface area contributed by atoms with Gasteiger partial charge in [-0.3, -0.25) is 4.79 Å². The number of nitrogens with two attached hydrogens (primary N) is 1. The van der Waals surface area contributed by atoms with Gasteiger partial charge in [0, 0.05) is 12.1 Å². The van der Waals surface area contributed by atoms with Gasteiger partial charge < -0.3 is 15.8 Å². The lowest BCUT2D eigenvalue weighted by Crippen LogP contribution is -2.22. The van der Waals surface area contributed by atoms with Gasteiger partial charge in [-0.1, -0.05) is 0 Å². The molecule has 0 aromatic heterocycles. The van der Waals surface area contributed by atoms with E-state index < -0.39 is 0 Å². The van der Waals surface area contributed by atoms with Gasteiger partial charge in [0.15, 0.2) is 0 Å². The average molecular weight is 274 g/mol. The molecule has 0 aliphatic heterocycles. The summed E-state index contributed by atoms with van der Waals surface area (Å²) < 4.78 is 18.3. The van der Waals surface area contributed by atoms with Gasteiger partial charge in [-0.25, -0.2) is 4.39 Å². The molecule has 20 heavy (non-hydrogen) atoms. The topological polar surface area (TPSA) is 64.3 Å². The summed E-state index contributed by atoms with van der Waals surface area (Å²) in [5, 5.41) is 2.69. The van der Waals surface area contributed by atoms with Crippen molar-refractivity contribution in [2.75, 3.05) is 12.3 Å². The summed E-state index contributed by atoms with van der Waals surface area (Å²) in [5.41, 5.74) is 6.67. The van der Waals surface area contributed by atoms with Gasteiger partial charge in [-0.2, -0.15) is 0 Å². The van der Waals surface area contributed by atoms with E-state index in [-0.39, 0.29) is 11.7 Å². The van der Waals surface area contributed by atoms with Crippen molar-refractivity contribution in [3.05, 3.63) is 53.8 Å². The van der Waals surface area contributed by atoms with E-state index in [4.69, 9.17) is 10.5 Å². The SMILES string of the molecule is CCNC(=O)c1ccc(Oc2ccc(F)cc2)c(N)c1. The van der Waals surface area contributed by atoms with Crippen LogP contribution < -0.4 is 15.8 Å². The Balaban J connectivity index is 2.17. The second-order valence-corrected chi connectivity index (χ2v) is 4.17. The van der Waals surface area contributed by atoms with Gasteiger partial charge in [0.2, 0.25) is 0 Å². The molecule has 0 spiro atoms. The van der Waals surface area contributed by atoms with Crippen molar-refractivity contribution in [1.29, 1.82) is 0 Å². The molecule has 4 nitrogen and oxygen atoms in total. The van der Waals surface area contributed by atoms with Gasteiger partial charge >= 0.3 is 0 Å². The third-order valence-electron chi connectivity index (χ3n) is 2.65. The highest BCUT2D eigenvalue weighted by atomic mass is 19.1. The molecule has 0 saturated carbocycles. The Morgan fingerprint density at radius 1 is 1.25 bits per heavy atom. The zero-order chi connectivity index (χ0) is 14.5. The van der Waals surface area contributed by atoms with Crippen molar-refractivity contribution in [1.82, 2.24) is 5.32 Å². The second kappa shape index (κ2) is 6.06. The Morgan fingerprint density at radius 2 is 1.95 bits per heavy atom. The number of hydrogen-bond acceptors (Lipinski definition) is 3. The fraction of sp³-hybridized carbons (Fsp3) is 0.133. The van der Waals surface area contributed by atoms with Crippen LogP contribution in [0.3, 0.4) is 0 Å². The molecule has 0 aliphatic rings. The van der Waals surface area contributed by atoms with Gasteiger partial charge in [0.05, 0.1) is 5.69 Å². The predicted molar refractivity (Wildman–Crippen MR) is 75.3 cm³/mol. The third-order valence-corrected chi connectivity index (χ3v) is 2.65. The lowest BCUT2D eigenvalue weighted by atomic mass is 10.1. The van der Waals surface area contributed by atoms with Crippen LogP contribution in [0.2, 0.25) is 0 Å². The zero-order valence-electron chi connectivity index (χ0n) is 11.0. The number of benzene rings is 2. The van der Waals surface area contributed by atoms with Crippen LogP contribution in [0.25, 0.3) is 0 Å². The fourth-order valence-corrected chi connectivity index (χ4v) is 1.67. The molecule has 2 aromatic rings. The normalized spacial score (nSPS) is 10.1. The van der Waals surface area contributed by atoms with E-state index >= 15 is 0 Å². The van der Waals surface area contributed by atoms with E-state index in [1.807, 2.05) is 6.92 Å². The molecule has 0 aliphatic carbocycles. The minimum Gasteiger partial charge on any atom is -0.455 e. The van der Waals surface area contributed by atoms with Crippen molar-refractivity contribution in [2.45, 2.75) is 6.92 Å². The van der Waals surface area contributed by atoms with E-state index in [1.54, 1.807) is 18.2 Å². The van der Waals surface area contributed by atoms with E-state index in [0.717, 1.165) is 0 Å². The minimum atomic E-state index is -0.336. The number of amides is 1. The molecule has 0 bridgehead atoms. The maximum Gasteiger partial charge on any atom is 0.251 e. The summed E-state index contributed by atoms with van der Waals surface area (Å²) in [4.78, 5) is 11.7. The highest BCUT2D eigenvalue weighted by Gasteiger charge is 2.08. The molecule has 0 radical (unpaired) electrons. The molecular weight excluding hydrogens is 259 g/mol. The molecule has 3 N–H and O–H groups in total. The van der Waals surface area contributed by atoms with Gasteiger partial charge in [0.25, 0.3) is 5.91 Å². The average Bonchev–Trinajstić information content (AvgIpc) is 2.43. The van der Waals surface area contributed by atoms with Crippen LogP contribution in [0.15, 0.2) is 42.5 Å². The standard InChI is InChI=1S/C15H15FN2O2/c1-2-18-15(19)10-3-8-14(13(17)9-10)20-12-6-4-11(16)5-7-12/h3-9H,2,17H2,1H3,(H,18,19). The monoisotopic (exact) mass is 274 g/mol. The lowest BCUT2D eigenvalue weighted by molar-refractivity contribution is 0.0956. The van der Waals surface area contributed by atoms with Crippen LogP contribution in [-0.4, -0.2) is 12.5 Å². The van der Waals surface area contributed by atoms with Crippen LogP contribution in [0.5, 0.6) is 11.5 Å². The number of ether oxygens (including phenoxy) is 1. The Kier molecular flexibility index (Phi) is 4.20. The smallest absolute Gasteiger partial charge is 0.251 e. The zero-order valence-corrected chi connectivity index (χ0v) is 11.0. The van der Waals surface area contributed by atoms with E-state index in [0.29, 0.717) is 29.3 Å². The molecule has 104 valence electrons. The Hall–Kier alpha value is -2.56. The van der Waals surface area contributed by atoms with E-state index in [1.165, 1.54) is 24.3 Å². The quantitative estimate of drug-likeness (QED) is 0.842. The summed E-state index contributed by atoms with van der Waals surface area (Å²) in [7, 11) is 0. The molecule has 0 fully saturated rings. The van der Waals surface area contributed by atoms with E-state index in [9.17, 15) is 9.18 Å². The summed E-state index contributed by atoms with van der Waals surface area (Å²) in [6.07, 6.45) is 0. The Morgan fingerprint density at radius 3 is 2.55 bits per heavy atom. The predicted octanol–water partition coefficient (Wildman–Crippen LogP) is 2.95. The first kappa shape index (κ1) is 13.9. The highest BCUT2D eigenvalue weighted by molar-refractivity contribution is 5.95. The Labute approximate surface area is 116 Å². The molecule has 5 heteroatoms. The van der Waals surface area contributed by atoms with Crippen molar-refractivity contribution in [3.63, 3.8) is 0 Å². The largest absolute Gasteiger partial charge is 0.455 e. The molecule has 0 saturated heterocycles. The summed E-state index contributed by atoms with van der Waals surface area (Å²) in [6.45, 7) is 2.39. The summed E-state index contributed by atoms with van der Waals surface area (Å²) in [5.74, 6) is 0.373. The minimum absolute atomic E-state index is 0.187. The first-order valence-electron chi connectivity index (χ1n) is 6.21. The number of nitrogen functional groups attached to an aromatic ring is 1. The maximum absolute atomic E-state index is 12.8. The lowest BCUT2D eigenvalue weighted by Gasteiger charge is -2.10. The number of halogens is 1. The van der Waals surface area contributed by atoms with Gasteiger partial charge in [0.1, 0.15) is 17.3 Å². The molecule has 0 unspecified atom stereocenters. The number of nitrogens with one attached hydrogen (secondary N) is 1. The highest BCUT2D eigenvalue weighted by Crippen LogP contribution is 2.28. The van der Waals surface area contributed by atoms with Crippen LogP contribution >= 0.6 is 0 Å². The van der Waals surface area contributed by atoms with Gasteiger partial charge in [-0.05, 0) is 49.4 Å². The summed E-state index contributed by atoms with van der Waals surface area (Å²) in [6, 6.07) is 10.4. The Bertz CT molecular complexity index is 612. The number of carbonyl (C=O) groups is 1. The maximum atomic E-state index is 12.8. The van der Waals surface area contributed by atoms with E-state index in [2.05, 4.69) is 5.32 Å². The molecule has 2 aromatic carbocycles. The molecule has 1 amide bonds. The fourth-order valence-electron chi connectivity index (χ4n) is 1.67. The van der Waals surface area contributed by atoms with Crippen molar-refractivity contribution in [2.24, 2.45) is 0 Å².